The van der Waals surface area contributed by atoms with Crippen LogP contribution in [0.4, 0.5) is 0 Å². The third-order valence-electron chi connectivity index (χ3n) is 4.39. The van der Waals surface area contributed by atoms with Crippen LogP contribution in [0.25, 0.3) is 0 Å². The minimum absolute atomic E-state index is 0.0703. The van der Waals surface area contributed by atoms with Crippen molar-refractivity contribution < 1.29 is 9.84 Å². The maximum absolute atomic E-state index is 10.6. The number of aliphatic hydroxyl groups is 1. The first kappa shape index (κ1) is 20.8. The zero-order valence-electron chi connectivity index (χ0n) is 15.1. The molecule has 0 aliphatic heterocycles. The average Bonchev–Trinajstić information content (AvgIpc) is 2.46. The minimum Gasteiger partial charge on any atom is -0.381 e. The maximum Gasteiger partial charge on any atom is 0.128 e. The summed E-state index contributed by atoms with van der Waals surface area (Å²) in [6, 6.07) is 0.557. The van der Waals surface area contributed by atoms with Crippen LogP contribution < -0.4 is 5.32 Å². The van der Waals surface area contributed by atoms with E-state index >= 15 is 0 Å². The van der Waals surface area contributed by atoms with Crippen LogP contribution in [0.1, 0.15) is 66.7 Å². The lowest BCUT2D eigenvalue weighted by Gasteiger charge is -2.40. The lowest BCUT2D eigenvalue weighted by atomic mass is 10.0. The van der Waals surface area contributed by atoms with Crippen LogP contribution in [0.5, 0.6) is 0 Å². The molecule has 0 fully saturated rings. The van der Waals surface area contributed by atoms with Crippen molar-refractivity contribution in [1.82, 2.24) is 10.2 Å². The molecule has 0 aromatic rings. The number of hydrogen-bond acceptors (Lipinski definition) is 4. The Morgan fingerprint density at radius 2 is 1.81 bits per heavy atom. The largest absolute Gasteiger partial charge is 0.381 e. The first-order valence-corrected chi connectivity index (χ1v) is 8.63. The van der Waals surface area contributed by atoms with Crippen LogP contribution >= 0.6 is 0 Å². The predicted octanol–water partition coefficient (Wildman–Crippen LogP) is 3.00. The summed E-state index contributed by atoms with van der Waals surface area (Å²) < 4.78 is 5.46. The van der Waals surface area contributed by atoms with Gasteiger partial charge < -0.3 is 9.84 Å². The van der Waals surface area contributed by atoms with Gasteiger partial charge in [-0.05, 0) is 53.6 Å². The van der Waals surface area contributed by atoms with Crippen molar-refractivity contribution in [1.29, 1.82) is 0 Å². The molecule has 0 radical (unpaired) electrons. The molecule has 0 spiro atoms. The second kappa shape index (κ2) is 11.4. The Kier molecular flexibility index (Phi) is 11.3. The topological polar surface area (TPSA) is 44.7 Å². The first-order valence-electron chi connectivity index (χ1n) is 8.63. The van der Waals surface area contributed by atoms with E-state index in [1.165, 1.54) is 19.3 Å². The Balaban J connectivity index is 4.09. The summed E-state index contributed by atoms with van der Waals surface area (Å²) in [6.07, 6.45) is 5.63. The van der Waals surface area contributed by atoms with Crippen LogP contribution in [0.2, 0.25) is 0 Å². The fraction of sp³-hybridized carbons (Fsp3) is 1.00. The van der Waals surface area contributed by atoms with Crippen molar-refractivity contribution >= 4 is 0 Å². The van der Waals surface area contributed by atoms with Gasteiger partial charge in [0.15, 0.2) is 0 Å². The normalized spacial score (nSPS) is 17.7. The number of hydrogen-bond donors (Lipinski definition) is 2. The molecule has 0 bridgehead atoms. The van der Waals surface area contributed by atoms with Crippen molar-refractivity contribution in [3.8, 4) is 0 Å². The first-order chi connectivity index (χ1) is 9.86. The van der Waals surface area contributed by atoms with Crippen LogP contribution in [0.15, 0.2) is 0 Å². The van der Waals surface area contributed by atoms with Gasteiger partial charge in [-0.2, -0.15) is 0 Å². The smallest absolute Gasteiger partial charge is 0.128 e. The Hall–Kier alpha value is -0.160. The lowest BCUT2D eigenvalue weighted by Crippen LogP contribution is -2.58. The van der Waals surface area contributed by atoms with E-state index in [0.717, 1.165) is 32.6 Å². The zero-order chi connectivity index (χ0) is 16.3. The zero-order valence-corrected chi connectivity index (χ0v) is 15.1. The molecule has 0 aromatic carbocycles. The Morgan fingerprint density at radius 3 is 2.38 bits per heavy atom. The van der Waals surface area contributed by atoms with Crippen molar-refractivity contribution in [2.24, 2.45) is 0 Å². The van der Waals surface area contributed by atoms with E-state index in [1.54, 1.807) is 0 Å². The van der Waals surface area contributed by atoms with Gasteiger partial charge in [0, 0.05) is 25.3 Å². The van der Waals surface area contributed by atoms with Crippen LogP contribution in [-0.2, 0) is 4.74 Å². The highest BCUT2D eigenvalue weighted by molar-refractivity contribution is 4.85. The molecule has 3 unspecified atom stereocenters. The molecule has 21 heavy (non-hydrogen) atoms. The highest BCUT2D eigenvalue weighted by Crippen LogP contribution is 2.17. The lowest BCUT2D eigenvalue weighted by molar-refractivity contribution is -0.0565. The van der Waals surface area contributed by atoms with Gasteiger partial charge in [-0.15, -0.1) is 0 Å². The molecule has 4 heteroatoms. The molecule has 128 valence electrons. The number of rotatable bonds is 13. The third kappa shape index (κ3) is 8.77. The maximum atomic E-state index is 10.6. The minimum atomic E-state index is -0.875. The third-order valence-corrected chi connectivity index (χ3v) is 4.39. The number of nitrogens with zero attached hydrogens (tertiary/aromatic N) is 1. The summed E-state index contributed by atoms with van der Waals surface area (Å²) in [5, 5.41) is 13.9. The molecule has 0 heterocycles. The van der Waals surface area contributed by atoms with E-state index in [4.69, 9.17) is 4.74 Å². The van der Waals surface area contributed by atoms with E-state index in [0.29, 0.717) is 6.04 Å². The van der Waals surface area contributed by atoms with Gasteiger partial charge >= 0.3 is 0 Å². The summed E-state index contributed by atoms with van der Waals surface area (Å²) in [4.78, 5) is 2.27. The van der Waals surface area contributed by atoms with Gasteiger partial charge in [0.1, 0.15) is 5.72 Å². The van der Waals surface area contributed by atoms with Gasteiger partial charge in [0.25, 0.3) is 0 Å². The van der Waals surface area contributed by atoms with E-state index in [9.17, 15) is 5.11 Å². The molecule has 0 aliphatic carbocycles. The Morgan fingerprint density at radius 1 is 1.14 bits per heavy atom. The SMILES string of the molecule is CCCCC(C)N(C)C(C)C(C)(O)NCCCOCCC. The highest BCUT2D eigenvalue weighted by atomic mass is 16.5. The summed E-state index contributed by atoms with van der Waals surface area (Å²) in [5.74, 6) is 0. The molecule has 0 amide bonds. The van der Waals surface area contributed by atoms with Gasteiger partial charge in [0.2, 0.25) is 0 Å². The Labute approximate surface area is 132 Å². The number of unbranched alkanes of at least 4 members (excludes halogenated alkanes) is 1. The van der Waals surface area contributed by atoms with E-state index < -0.39 is 5.72 Å². The molecule has 3 atom stereocenters. The summed E-state index contributed by atoms with van der Waals surface area (Å²) in [7, 11) is 2.10. The van der Waals surface area contributed by atoms with Gasteiger partial charge in [-0.3, -0.25) is 10.2 Å². The van der Waals surface area contributed by atoms with E-state index in [2.05, 4.69) is 45.0 Å². The molecule has 0 aromatic heterocycles. The van der Waals surface area contributed by atoms with Crippen molar-refractivity contribution in [3.05, 3.63) is 0 Å². The molecule has 0 aliphatic rings. The Bertz CT molecular complexity index is 247. The van der Waals surface area contributed by atoms with Crippen LogP contribution in [0.3, 0.4) is 0 Å². The van der Waals surface area contributed by atoms with E-state index in [1.807, 2.05) is 6.92 Å². The predicted molar refractivity (Wildman–Crippen MR) is 90.6 cm³/mol. The van der Waals surface area contributed by atoms with Gasteiger partial charge in [-0.25, -0.2) is 0 Å². The van der Waals surface area contributed by atoms with E-state index in [-0.39, 0.29) is 6.04 Å². The average molecular weight is 303 g/mol. The van der Waals surface area contributed by atoms with Crippen molar-refractivity contribution in [2.75, 3.05) is 26.8 Å². The number of ether oxygens (including phenoxy) is 1. The molecule has 4 nitrogen and oxygen atoms in total. The molecular formula is C17H38N2O2. The summed E-state index contributed by atoms with van der Waals surface area (Å²) in [5.41, 5.74) is -0.875. The van der Waals surface area contributed by atoms with Crippen molar-refractivity contribution in [3.63, 3.8) is 0 Å². The molecular weight excluding hydrogens is 264 g/mol. The molecule has 0 rings (SSSR count). The molecule has 2 N–H and O–H groups in total. The molecule has 0 saturated heterocycles. The van der Waals surface area contributed by atoms with Gasteiger partial charge in [0.05, 0.1) is 0 Å². The highest BCUT2D eigenvalue weighted by Gasteiger charge is 2.32. The standard InChI is InChI=1S/C17H38N2O2/c1-7-9-11-15(3)19(6)16(4)17(5,20)18-12-10-14-21-13-8-2/h15-16,18,20H,7-14H2,1-6H3. The van der Waals surface area contributed by atoms with Gasteiger partial charge in [-0.1, -0.05) is 26.7 Å². The fourth-order valence-electron chi connectivity index (χ4n) is 2.39. The summed E-state index contributed by atoms with van der Waals surface area (Å²) in [6.45, 7) is 12.9. The van der Waals surface area contributed by atoms with Crippen molar-refractivity contribution in [2.45, 2.75) is 84.5 Å². The van der Waals surface area contributed by atoms with Crippen LogP contribution in [-0.4, -0.2) is 54.6 Å². The number of nitrogens with one attached hydrogen (secondary N) is 1. The number of likely N-dealkylation sites (N-methyl/N-ethyl adjacent to an activating group) is 1. The second-order valence-corrected chi connectivity index (χ2v) is 6.37. The quantitative estimate of drug-likeness (QED) is 0.405. The fourth-order valence-corrected chi connectivity index (χ4v) is 2.39. The summed E-state index contributed by atoms with van der Waals surface area (Å²) >= 11 is 0. The monoisotopic (exact) mass is 302 g/mol. The molecule has 0 saturated carbocycles. The van der Waals surface area contributed by atoms with Crippen LogP contribution in [0, 0.1) is 0 Å². The second-order valence-electron chi connectivity index (χ2n) is 6.37.